The Balaban J connectivity index is 2.23. The Morgan fingerprint density at radius 1 is 1.26 bits per heavy atom. The first kappa shape index (κ1) is 13.4. The highest BCUT2D eigenvalue weighted by Crippen LogP contribution is 2.23. The average molecular weight is 276 g/mol. The molecule has 0 fully saturated rings. The minimum absolute atomic E-state index is 0.0219. The van der Waals surface area contributed by atoms with Crippen LogP contribution in [0.4, 0.5) is 5.69 Å². The van der Waals surface area contributed by atoms with E-state index in [1.807, 2.05) is 24.3 Å². The van der Waals surface area contributed by atoms with Gasteiger partial charge in [-0.15, -0.1) is 0 Å². The van der Waals surface area contributed by atoms with Gasteiger partial charge in [-0.3, -0.25) is 4.79 Å². The monoisotopic (exact) mass is 275 g/mol. The number of nitrogens with two attached hydrogens (primary N) is 1. The minimum atomic E-state index is -0.0219. The lowest BCUT2D eigenvalue weighted by Crippen LogP contribution is -2.05. The predicted molar refractivity (Wildman–Crippen MR) is 76.9 cm³/mol. The van der Waals surface area contributed by atoms with Gasteiger partial charge in [0.05, 0.1) is 17.8 Å². The summed E-state index contributed by atoms with van der Waals surface area (Å²) in [6, 6.07) is 12.4. The SMILES string of the molecule is COc1ccccc1CC(=O)c1ccc(N)c(Cl)c1. The second-order valence-electron chi connectivity index (χ2n) is 4.15. The van der Waals surface area contributed by atoms with Crippen LogP contribution in [0.2, 0.25) is 5.02 Å². The summed E-state index contributed by atoms with van der Waals surface area (Å²) in [5, 5.41) is 0.394. The van der Waals surface area contributed by atoms with Gasteiger partial charge in [0, 0.05) is 17.5 Å². The molecule has 2 rings (SSSR count). The third-order valence-corrected chi connectivity index (χ3v) is 3.19. The van der Waals surface area contributed by atoms with Gasteiger partial charge in [-0.25, -0.2) is 0 Å². The summed E-state index contributed by atoms with van der Waals surface area (Å²) < 4.78 is 5.23. The molecule has 3 nitrogen and oxygen atoms in total. The Morgan fingerprint density at radius 2 is 2.00 bits per heavy atom. The highest BCUT2D eigenvalue weighted by Gasteiger charge is 2.11. The van der Waals surface area contributed by atoms with Crippen molar-refractivity contribution in [3.05, 3.63) is 58.6 Å². The Kier molecular flexibility index (Phi) is 4.07. The van der Waals surface area contributed by atoms with Gasteiger partial charge in [-0.05, 0) is 24.3 Å². The Labute approximate surface area is 117 Å². The maximum atomic E-state index is 12.2. The fraction of sp³-hybridized carbons (Fsp3) is 0.133. The van der Waals surface area contributed by atoms with E-state index in [9.17, 15) is 4.79 Å². The second kappa shape index (κ2) is 5.76. The molecule has 0 aromatic heterocycles. The number of Topliss-reactive ketones (excluding diaryl/α,β-unsaturated/α-hetero) is 1. The van der Waals surface area contributed by atoms with Crippen LogP contribution in [0.1, 0.15) is 15.9 Å². The van der Waals surface area contributed by atoms with Gasteiger partial charge in [0.25, 0.3) is 0 Å². The van der Waals surface area contributed by atoms with Crippen molar-refractivity contribution in [3.63, 3.8) is 0 Å². The van der Waals surface area contributed by atoms with Crippen LogP contribution >= 0.6 is 11.6 Å². The van der Waals surface area contributed by atoms with Crippen molar-refractivity contribution in [1.29, 1.82) is 0 Å². The van der Waals surface area contributed by atoms with Crippen LogP contribution in [0, 0.1) is 0 Å². The van der Waals surface area contributed by atoms with Crippen LogP contribution in [-0.2, 0) is 6.42 Å². The van der Waals surface area contributed by atoms with Crippen molar-refractivity contribution >= 4 is 23.1 Å². The van der Waals surface area contributed by atoms with E-state index in [1.165, 1.54) is 0 Å². The van der Waals surface area contributed by atoms with Crippen molar-refractivity contribution in [3.8, 4) is 5.75 Å². The van der Waals surface area contributed by atoms with Crippen molar-refractivity contribution in [2.24, 2.45) is 0 Å². The molecule has 0 saturated heterocycles. The molecule has 0 aliphatic carbocycles. The molecule has 0 bridgehead atoms. The summed E-state index contributed by atoms with van der Waals surface area (Å²) in [7, 11) is 1.59. The molecule has 2 aromatic rings. The molecular weight excluding hydrogens is 262 g/mol. The first-order valence-electron chi connectivity index (χ1n) is 5.82. The van der Waals surface area contributed by atoms with Gasteiger partial charge in [0.2, 0.25) is 0 Å². The fourth-order valence-corrected chi connectivity index (χ4v) is 2.01. The number of carbonyl (C=O) groups excluding carboxylic acids is 1. The molecular formula is C15H14ClNO2. The predicted octanol–water partition coefficient (Wildman–Crippen LogP) is 3.36. The fourth-order valence-electron chi connectivity index (χ4n) is 1.82. The number of rotatable bonds is 4. The second-order valence-corrected chi connectivity index (χ2v) is 4.56. The zero-order valence-corrected chi connectivity index (χ0v) is 11.3. The lowest BCUT2D eigenvalue weighted by atomic mass is 10.0. The number of methoxy groups -OCH3 is 1. The highest BCUT2D eigenvalue weighted by atomic mass is 35.5. The van der Waals surface area contributed by atoms with Crippen LogP contribution in [0.15, 0.2) is 42.5 Å². The number of ketones is 1. The lowest BCUT2D eigenvalue weighted by molar-refractivity contribution is 0.0992. The van der Waals surface area contributed by atoms with Crippen LogP contribution in [0.25, 0.3) is 0 Å². The minimum Gasteiger partial charge on any atom is -0.496 e. The van der Waals surface area contributed by atoms with E-state index in [4.69, 9.17) is 22.1 Å². The standard InChI is InChI=1S/C15H14ClNO2/c1-19-15-5-3-2-4-11(15)9-14(18)10-6-7-13(17)12(16)8-10/h2-8H,9,17H2,1H3. The summed E-state index contributed by atoms with van der Waals surface area (Å²) >= 11 is 5.92. The van der Waals surface area contributed by atoms with Crippen molar-refractivity contribution < 1.29 is 9.53 Å². The molecule has 0 heterocycles. The van der Waals surface area contributed by atoms with Gasteiger partial charge in [-0.2, -0.15) is 0 Å². The summed E-state index contributed by atoms with van der Waals surface area (Å²) in [6.07, 6.45) is 0.268. The average Bonchev–Trinajstić information content (AvgIpc) is 2.42. The molecule has 4 heteroatoms. The van der Waals surface area contributed by atoms with E-state index < -0.39 is 0 Å². The molecule has 0 spiro atoms. The van der Waals surface area contributed by atoms with E-state index in [0.717, 1.165) is 5.56 Å². The van der Waals surface area contributed by atoms with Crippen LogP contribution < -0.4 is 10.5 Å². The number of nitrogen functional groups attached to an aromatic ring is 1. The Morgan fingerprint density at radius 3 is 2.68 bits per heavy atom. The summed E-state index contributed by atoms with van der Waals surface area (Å²) in [6.45, 7) is 0. The van der Waals surface area contributed by atoms with E-state index >= 15 is 0 Å². The Bertz CT molecular complexity index is 611. The molecule has 2 N–H and O–H groups in total. The van der Waals surface area contributed by atoms with Gasteiger partial charge in [0.15, 0.2) is 5.78 Å². The van der Waals surface area contributed by atoms with Gasteiger partial charge < -0.3 is 10.5 Å². The number of benzene rings is 2. The quantitative estimate of drug-likeness (QED) is 0.688. The number of hydrogen-bond acceptors (Lipinski definition) is 3. The van der Waals surface area contributed by atoms with Gasteiger partial charge in [-0.1, -0.05) is 29.8 Å². The number of halogens is 1. The topological polar surface area (TPSA) is 52.3 Å². The molecule has 2 aromatic carbocycles. The van der Waals surface area contributed by atoms with Gasteiger partial charge in [0.1, 0.15) is 5.75 Å². The normalized spacial score (nSPS) is 10.2. The van der Waals surface area contributed by atoms with E-state index in [1.54, 1.807) is 25.3 Å². The van der Waals surface area contributed by atoms with Crippen molar-refractivity contribution in [1.82, 2.24) is 0 Å². The zero-order chi connectivity index (χ0) is 13.8. The zero-order valence-electron chi connectivity index (χ0n) is 10.5. The van der Waals surface area contributed by atoms with Gasteiger partial charge >= 0.3 is 0 Å². The lowest BCUT2D eigenvalue weighted by Gasteiger charge is -2.08. The van der Waals surface area contributed by atoms with Crippen molar-refractivity contribution in [2.45, 2.75) is 6.42 Å². The van der Waals surface area contributed by atoms with Crippen LogP contribution in [-0.4, -0.2) is 12.9 Å². The Hall–Kier alpha value is -2.00. The van der Waals surface area contributed by atoms with E-state index in [2.05, 4.69) is 0 Å². The van der Waals surface area contributed by atoms with Crippen LogP contribution in [0.5, 0.6) is 5.75 Å². The molecule has 98 valence electrons. The summed E-state index contributed by atoms with van der Waals surface area (Å²) in [5.74, 6) is 0.684. The molecule has 0 aliphatic rings. The molecule has 0 amide bonds. The molecule has 0 radical (unpaired) electrons. The molecule has 0 saturated carbocycles. The molecule has 0 unspecified atom stereocenters. The third-order valence-electron chi connectivity index (χ3n) is 2.87. The van der Waals surface area contributed by atoms with E-state index in [0.29, 0.717) is 22.0 Å². The van der Waals surface area contributed by atoms with Crippen molar-refractivity contribution in [2.75, 3.05) is 12.8 Å². The first-order chi connectivity index (χ1) is 9.11. The number of para-hydroxylation sites is 1. The van der Waals surface area contributed by atoms with Crippen LogP contribution in [0.3, 0.4) is 0 Å². The van der Waals surface area contributed by atoms with E-state index in [-0.39, 0.29) is 12.2 Å². The number of ether oxygens (including phenoxy) is 1. The maximum absolute atomic E-state index is 12.2. The molecule has 19 heavy (non-hydrogen) atoms. The summed E-state index contributed by atoms with van der Waals surface area (Å²) in [5.41, 5.74) is 7.49. The number of hydrogen-bond donors (Lipinski definition) is 1. The molecule has 0 aliphatic heterocycles. The third kappa shape index (κ3) is 3.06. The number of anilines is 1. The largest absolute Gasteiger partial charge is 0.496 e. The molecule has 0 atom stereocenters. The number of carbonyl (C=O) groups is 1. The smallest absolute Gasteiger partial charge is 0.167 e. The summed E-state index contributed by atoms with van der Waals surface area (Å²) in [4.78, 5) is 12.2. The maximum Gasteiger partial charge on any atom is 0.167 e. The highest BCUT2D eigenvalue weighted by molar-refractivity contribution is 6.33. The first-order valence-corrected chi connectivity index (χ1v) is 6.19.